The number of benzene rings is 4. The number of carbonyl (C=O) groups is 2. The molecule has 0 aromatic heterocycles. The van der Waals surface area contributed by atoms with E-state index in [1.807, 2.05) is 55.6 Å². The number of primary amides is 2. The Hall–Kier alpha value is -3.91. The molecule has 0 saturated carbocycles. The second-order valence-electron chi connectivity index (χ2n) is 12.4. The van der Waals surface area contributed by atoms with E-state index in [1.54, 1.807) is 11.8 Å². The van der Waals surface area contributed by atoms with Gasteiger partial charge < -0.3 is 16.8 Å². The first-order valence-corrected chi connectivity index (χ1v) is 17.8. The number of nitrogens with zero attached hydrogens (tertiary/aromatic N) is 1. The molecule has 0 fully saturated rings. The molecule has 2 amide bonds. The minimum Gasteiger partial charge on any atom is -0.368 e. The van der Waals surface area contributed by atoms with Gasteiger partial charge in [0.2, 0.25) is 11.8 Å². The molecule has 5 N–H and O–H groups in total. The Balaban J connectivity index is 0.000000256. The van der Waals surface area contributed by atoms with Crippen molar-refractivity contribution in [3.63, 3.8) is 0 Å². The van der Waals surface area contributed by atoms with Gasteiger partial charge in [-0.25, -0.2) is 0 Å². The summed E-state index contributed by atoms with van der Waals surface area (Å²) in [6.07, 6.45) is 3.59. The molecule has 0 heterocycles. The van der Waals surface area contributed by atoms with Crippen LogP contribution in [0.3, 0.4) is 0 Å². The van der Waals surface area contributed by atoms with Crippen molar-refractivity contribution in [2.24, 2.45) is 17.4 Å². The molecule has 0 bridgehead atoms. The summed E-state index contributed by atoms with van der Waals surface area (Å²) in [7, 11) is 1.99. The maximum atomic E-state index is 11.9. The summed E-state index contributed by atoms with van der Waals surface area (Å²) in [6.45, 7) is 5.65. The molecule has 4 rings (SSSR count). The van der Waals surface area contributed by atoms with Crippen LogP contribution in [0.5, 0.6) is 0 Å². The molecule has 0 radical (unpaired) electrons. The average Bonchev–Trinajstić information content (AvgIpc) is 3.08. The van der Waals surface area contributed by atoms with Gasteiger partial charge in [-0.3, -0.25) is 14.5 Å². The van der Waals surface area contributed by atoms with Crippen LogP contribution in [-0.4, -0.2) is 60.9 Å². The molecular formula is C40H52N4O2S. The molecule has 0 aliphatic heterocycles. The highest BCUT2D eigenvalue weighted by Crippen LogP contribution is 2.27. The molecule has 0 aliphatic carbocycles. The van der Waals surface area contributed by atoms with Crippen LogP contribution in [0.4, 0.5) is 0 Å². The van der Waals surface area contributed by atoms with E-state index in [9.17, 15) is 9.59 Å². The highest BCUT2D eigenvalue weighted by atomic mass is 32.2. The van der Waals surface area contributed by atoms with E-state index in [0.717, 1.165) is 25.1 Å². The number of nitrogens with one attached hydrogen (secondary N) is 1. The van der Waals surface area contributed by atoms with Crippen molar-refractivity contribution >= 4 is 23.6 Å². The number of amides is 2. The van der Waals surface area contributed by atoms with Gasteiger partial charge >= 0.3 is 0 Å². The van der Waals surface area contributed by atoms with Gasteiger partial charge in [0.15, 0.2) is 0 Å². The van der Waals surface area contributed by atoms with E-state index in [2.05, 4.69) is 103 Å². The second kappa shape index (κ2) is 20.4. The third-order valence-electron chi connectivity index (χ3n) is 8.35. The van der Waals surface area contributed by atoms with Crippen LogP contribution in [0.1, 0.15) is 60.8 Å². The molecule has 4 aromatic carbocycles. The lowest BCUT2D eigenvalue weighted by Gasteiger charge is -2.30. The minimum atomic E-state index is -0.287. The molecule has 4 aromatic rings. The van der Waals surface area contributed by atoms with E-state index in [-0.39, 0.29) is 35.7 Å². The normalized spacial score (nSPS) is 12.5. The zero-order valence-corrected chi connectivity index (χ0v) is 29.1. The van der Waals surface area contributed by atoms with E-state index in [1.165, 1.54) is 22.3 Å². The van der Waals surface area contributed by atoms with Gasteiger partial charge in [-0.15, -0.1) is 0 Å². The lowest BCUT2D eigenvalue weighted by Crippen LogP contribution is -2.44. The molecule has 250 valence electrons. The van der Waals surface area contributed by atoms with Crippen LogP contribution in [0.25, 0.3) is 0 Å². The standard InChI is InChI=1S/C20H26N2OS.C20H26N2O/c1-22(19(20(21)23)13-14-24-2)15-18(16-9-5-3-6-10-16)17-11-7-4-8-12-17;1-15(2)13-19(20(21)23)22-14-18(16-9-5-3-6-10-16)17-11-7-4-8-12-17/h3-12,18-19H,13-15H2,1-2H3,(H2,21,23);3-12,15,18-19,22H,13-14H2,1-2H3,(H2,21,23)/t2*19-/m00/s1. The van der Waals surface area contributed by atoms with E-state index < -0.39 is 0 Å². The number of carbonyl (C=O) groups excluding carboxylic acids is 2. The summed E-state index contributed by atoms with van der Waals surface area (Å²) >= 11 is 1.74. The third kappa shape index (κ3) is 12.7. The van der Waals surface area contributed by atoms with Gasteiger partial charge in [0, 0.05) is 24.9 Å². The Morgan fingerprint density at radius 1 is 0.681 bits per heavy atom. The molecule has 47 heavy (non-hydrogen) atoms. The molecule has 0 aliphatic rings. The van der Waals surface area contributed by atoms with Gasteiger partial charge in [-0.2, -0.15) is 11.8 Å². The lowest BCUT2D eigenvalue weighted by atomic mass is 9.90. The molecule has 2 atom stereocenters. The molecule has 0 spiro atoms. The zero-order chi connectivity index (χ0) is 34.0. The smallest absolute Gasteiger partial charge is 0.234 e. The highest BCUT2D eigenvalue weighted by molar-refractivity contribution is 7.98. The van der Waals surface area contributed by atoms with Crippen molar-refractivity contribution in [1.82, 2.24) is 10.2 Å². The van der Waals surface area contributed by atoms with Crippen molar-refractivity contribution in [2.45, 2.75) is 50.6 Å². The molecule has 7 heteroatoms. The fourth-order valence-corrected chi connectivity index (χ4v) is 6.29. The number of likely N-dealkylation sites (N-methyl/N-ethyl adjacent to an activating group) is 1. The Morgan fingerprint density at radius 3 is 1.43 bits per heavy atom. The summed E-state index contributed by atoms with van der Waals surface area (Å²) in [5.41, 5.74) is 16.2. The summed E-state index contributed by atoms with van der Waals surface area (Å²) in [6, 6.07) is 41.1. The molecule has 0 saturated heterocycles. The molecular weight excluding hydrogens is 601 g/mol. The maximum absolute atomic E-state index is 11.9. The molecule has 0 unspecified atom stereocenters. The van der Waals surface area contributed by atoms with Crippen molar-refractivity contribution < 1.29 is 9.59 Å². The topological polar surface area (TPSA) is 101 Å². The van der Waals surface area contributed by atoms with Crippen LogP contribution < -0.4 is 16.8 Å². The summed E-state index contributed by atoms with van der Waals surface area (Å²) < 4.78 is 0. The summed E-state index contributed by atoms with van der Waals surface area (Å²) in [4.78, 5) is 25.7. The minimum absolute atomic E-state index is 0.200. The van der Waals surface area contributed by atoms with Crippen LogP contribution in [0, 0.1) is 5.92 Å². The predicted octanol–water partition coefficient (Wildman–Crippen LogP) is 6.67. The van der Waals surface area contributed by atoms with Crippen LogP contribution in [0.15, 0.2) is 121 Å². The number of thioether (sulfide) groups is 1. The predicted molar refractivity (Wildman–Crippen MR) is 199 cm³/mol. The number of hydrogen-bond acceptors (Lipinski definition) is 5. The van der Waals surface area contributed by atoms with Gasteiger partial charge in [-0.1, -0.05) is 135 Å². The first-order chi connectivity index (χ1) is 22.7. The highest BCUT2D eigenvalue weighted by Gasteiger charge is 2.25. The monoisotopic (exact) mass is 652 g/mol. The van der Waals surface area contributed by atoms with Gasteiger partial charge in [-0.05, 0) is 60.1 Å². The second-order valence-corrected chi connectivity index (χ2v) is 13.4. The van der Waals surface area contributed by atoms with Crippen molar-refractivity contribution in [2.75, 3.05) is 32.1 Å². The molecule has 6 nitrogen and oxygen atoms in total. The van der Waals surface area contributed by atoms with Crippen molar-refractivity contribution in [1.29, 1.82) is 0 Å². The maximum Gasteiger partial charge on any atom is 0.234 e. The number of nitrogens with two attached hydrogens (primary N) is 2. The van der Waals surface area contributed by atoms with Crippen LogP contribution >= 0.6 is 11.8 Å². The van der Waals surface area contributed by atoms with Crippen LogP contribution in [0.2, 0.25) is 0 Å². The lowest BCUT2D eigenvalue weighted by molar-refractivity contribution is -0.123. The Morgan fingerprint density at radius 2 is 1.09 bits per heavy atom. The van der Waals surface area contributed by atoms with E-state index in [0.29, 0.717) is 12.5 Å². The Bertz CT molecular complexity index is 1360. The van der Waals surface area contributed by atoms with Gasteiger partial charge in [0.25, 0.3) is 0 Å². The van der Waals surface area contributed by atoms with E-state index >= 15 is 0 Å². The largest absolute Gasteiger partial charge is 0.368 e. The fraction of sp³-hybridized carbons (Fsp3) is 0.350. The summed E-state index contributed by atoms with van der Waals surface area (Å²) in [5.74, 6) is 1.25. The van der Waals surface area contributed by atoms with Gasteiger partial charge in [0.05, 0.1) is 12.1 Å². The van der Waals surface area contributed by atoms with Crippen molar-refractivity contribution in [3.05, 3.63) is 144 Å². The first-order valence-electron chi connectivity index (χ1n) is 16.4. The zero-order valence-electron chi connectivity index (χ0n) is 28.3. The Labute approximate surface area is 286 Å². The third-order valence-corrected chi connectivity index (χ3v) is 9.00. The van der Waals surface area contributed by atoms with Crippen LogP contribution in [-0.2, 0) is 9.59 Å². The van der Waals surface area contributed by atoms with Crippen molar-refractivity contribution in [3.8, 4) is 0 Å². The van der Waals surface area contributed by atoms with Gasteiger partial charge in [0.1, 0.15) is 0 Å². The SMILES string of the molecule is CC(C)C[C@H](NCC(c1ccccc1)c1ccccc1)C(N)=O.CSCC[C@@H](C(N)=O)N(C)CC(c1ccccc1)c1ccccc1. The van der Waals surface area contributed by atoms with E-state index in [4.69, 9.17) is 11.5 Å². The fourth-order valence-electron chi connectivity index (χ4n) is 5.83. The Kier molecular flexibility index (Phi) is 16.3. The number of rotatable bonds is 17. The average molecular weight is 653 g/mol. The first kappa shape index (κ1) is 37.5. The summed E-state index contributed by atoms with van der Waals surface area (Å²) in [5, 5.41) is 3.37. The number of hydrogen-bond donors (Lipinski definition) is 3. The quantitative estimate of drug-likeness (QED) is 0.118.